The first-order valence-corrected chi connectivity index (χ1v) is 5.78. The summed E-state index contributed by atoms with van der Waals surface area (Å²) in [6.45, 7) is 0. The number of tetrazole rings is 1. The van der Waals surface area contributed by atoms with Crippen LogP contribution >= 0.6 is 15.9 Å². The standard InChI is InChI=1S/C10H8BrFN4/c11-8-5-7(12)3-4-9(8)16-10(6-1-2-6)13-14-15-16/h3-6H,1-2H2. The number of nitrogens with zero attached hydrogens (tertiary/aromatic N) is 4. The van der Waals surface area contributed by atoms with Gasteiger partial charge in [-0.15, -0.1) is 5.10 Å². The van der Waals surface area contributed by atoms with Gasteiger partial charge in [-0.3, -0.25) is 0 Å². The second-order valence-electron chi connectivity index (χ2n) is 3.82. The van der Waals surface area contributed by atoms with E-state index in [-0.39, 0.29) is 5.82 Å². The van der Waals surface area contributed by atoms with Gasteiger partial charge in [-0.25, -0.2) is 4.39 Å². The minimum Gasteiger partial charge on any atom is -0.207 e. The molecule has 16 heavy (non-hydrogen) atoms. The van der Waals surface area contributed by atoms with E-state index in [1.54, 1.807) is 10.7 Å². The van der Waals surface area contributed by atoms with Crippen molar-refractivity contribution in [3.8, 4) is 5.69 Å². The highest BCUT2D eigenvalue weighted by atomic mass is 79.9. The number of benzene rings is 1. The SMILES string of the molecule is Fc1ccc(-n2nnnc2C2CC2)c(Br)c1. The Morgan fingerprint density at radius 3 is 2.88 bits per heavy atom. The maximum Gasteiger partial charge on any atom is 0.159 e. The Morgan fingerprint density at radius 1 is 1.38 bits per heavy atom. The van der Waals surface area contributed by atoms with Crippen molar-refractivity contribution in [1.82, 2.24) is 20.2 Å². The van der Waals surface area contributed by atoms with Crippen LogP contribution in [0.3, 0.4) is 0 Å². The molecule has 0 aliphatic heterocycles. The van der Waals surface area contributed by atoms with Crippen molar-refractivity contribution in [2.24, 2.45) is 0 Å². The minimum atomic E-state index is -0.281. The lowest BCUT2D eigenvalue weighted by molar-refractivity contribution is 0.625. The molecule has 0 unspecified atom stereocenters. The van der Waals surface area contributed by atoms with Crippen LogP contribution in [0.4, 0.5) is 4.39 Å². The average Bonchev–Trinajstić information content (AvgIpc) is 2.98. The third-order valence-corrected chi connectivity index (χ3v) is 3.21. The summed E-state index contributed by atoms with van der Waals surface area (Å²) in [5.41, 5.74) is 0.772. The van der Waals surface area contributed by atoms with Crippen molar-refractivity contribution >= 4 is 15.9 Å². The third-order valence-electron chi connectivity index (χ3n) is 2.57. The van der Waals surface area contributed by atoms with Gasteiger partial charge in [0.15, 0.2) is 5.82 Å². The summed E-state index contributed by atoms with van der Waals surface area (Å²) in [5.74, 6) is 1.02. The first-order valence-electron chi connectivity index (χ1n) is 4.99. The molecule has 6 heteroatoms. The van der Waals surface area contributed by atoms with Gasteiger partial charge < -0.3 is 0 Å². The molecule has 1 saturated carbocycles. The molecule has 0 bridgehead atoms. The van der Waals surface area contributed by atoms with Crippen molar-refractivity contribution in [2.45, 2.75) is 18.8 Å². The molecule has 1 aromatic heterocycles. The average molecular weight is 283 g/mol. The van der Waals surface area contributed by atoms with Gasteiger partial charge in [-0.1, -0.05) is 0 Å². The maximum atomic E-state index is 13.0. The largest absolute Gasteiger partial charge is 0.207 e. The lowest BCUT2D eigenvalue weighted by Crippen LogP contribution is -2.03. The van der Waals surface area contributed by atoms with Crippen LogP contribution in [0.5, 0.6) is 0 Å². The summed E-state index contributed by atoms with van der Waals surface area (Å²) >= 11 is 3.32. The number of hydrogen-bond acceptors (Lipinski definition) is 3. The molecule has 0 spiro atoms. The van der Waals surface area contributed by atoms with Crippen LogP contribution in [0.25, 0.3) is 5.69 Å². The van der Waals surface area contributed by atoms with Gasteiger partial charge in [0.2, 0.25) is 0 Å². The van der Waals surface area contributed by atoms with Gasteiger partial charge >= 0.3 is 0 Å². The smallest absolute Gasteiger partial charge is 0.159 e. The van der Waals surface area contributed by atoms with E-state index in [1.165, 1.54) is 12.1 Å². The van der Waals surface area contributed by atoms with E-state index >= 15 is 0 Å². The Kier molecular flexibility index (Phi) is 2.24. The van der Waals surface area contributed by atoms with Crippen molar-refractivity contribution in [1.29, 1.82) is 0 Å². The number of halogens is 2. The summed E-state index contributed by atoms with van der Waals surface area (Å²) in [6.07, 6.45) is 2.25. The Hall–Kier alpha value is -1.30. The number of rotatable bonds is 2. The van der Waals surface area contributed by atoms with Gasteiger partial charge in [0.1, 0.15) is 5.82 Å². The second kappa shape index (κ2) is 3.62. The predicted molar refractivity (Wildman–Crippen MR) is 58.8 cm³/mol. The van der Waals surface area contributed by atoms with Gasteiger partial charge in [0, 0.05) is 10.4 Å². The summed E-state index contributed by atoms with van der Waals surface area (Å²) in [7, 11) is 0. The van der Waals surface area contributed by atoms with Crippen molar-refractivity contribution in [2.75, 3.05) is 0 Å². The highest BCUT2D eigenvalue weighted by Gasteiger charge is 2.30. The lowest BCUT2D eigenvalue weighted by Gasteiger charge is -2.05. The topological polar surface area (TPSA) is 43.6 Å². The quantitative estimate of drug-likeness (QED) is 0.850. The predicted octanol–water partition coefficient (Wildman–Crippen LogP) is 2.44. The van der Waals surface area contributed by atoms with E-state index in [1.807, 2.05) is 0 Å². The molecule has 1 aliphatic carbocycles. The molecule has 1 aliphatic rings. The van der Waals surface area contributed by atoms with Gasteiger partial charge in [0.05, 0.1) is 5.69 Å². The Balaban J connectivity index is 2.10. The van der Waals surface area contributed by atoms with E-state index in [2.05, 4.69) is 31.5 Å². The fraction of sp³-hybridized carbons (Fsp3) is 0.300. The zero-order chi connectivity index (χ0) is 11.1. The highest BCUT2D eigenvalue weighted by Crippen LogP contribution is 2.39. The molecule has 2 aromatic rings. The van der Waals surface area contributed by atoms with Gasteiger partial charge in [0.25, 0.3) is 0 Å². The number of aromatic nitrogens is 4. The van der Waals surface area contributed by atoms with Crippen molar-refractivity contribution in [3.05, 3.63) is 34.3 Å². The zero-order valence-electron chi connectivity index (χ0n) is 8.27. The van der Waals surface area contributed by atoms with E-state index in [9.17, 15) is 4.39 Å². The van der Waals surface area contributed by atoms with E-state index in [0.29, 0.717) is 10.4 Å². The van der Waals surface area contributed by atoms with Crippen LogP contribution in [0, 0.1) is 5.82 Å². The Morgan fingerprint density at radius 2 is 2.19 bits per heavy atom. The molecule has 4 nitrogen and oxygen atoms in total. The molecule has 0 radical (unpaired) electrons. The van der Waals surface area contributed by atoms with E-state index in [0.717, 1.165) is 24.4 Å². The normalized spacial score (nSPS) is 15.4. The molecule has 1 heterocycles. The maximum absolute atomic E-state index is 13.0. The van der Waals surface area contributed by atoms with Crippen molar-refractivity contribution < 1.29 is 4.39 Å². The summed E-state index contributed by atoms with van der Waals surface area (Å²) < 4.78 is 15.3. The van der Waals surface area contributed by atoms with E-state index in [4.69, 9.17) is 0 Å². The van der Waals surface area contributed by atoms with Crippen LogP contribution in [0.2, 0.25) is 0 Å². The highest BCUT2D eigenvalue weighted by molar-refractivity contribution is 9.10. The monoisotopic (exact) mass is 282 g/mol. The van der Waals surface area contributed by atoms with Crippen LogP contribution in [0.15, 0.2) is 22.7 Å². The summed E-state index contributed by atoms with van der Waals surface area (Å²) in [4.78, 5) is 0. The Bertz CT molecular complexity index is 535. The fourth-order valence-electron chi connectivity index (χ4n) is 1.61. The minimum absolute atomic E-state index is 0.281. The van der Waals surface area contributed by atoms with Crippen molar-refractivity contribution in [3.63, 3.8) is 0 Å². The first-order chi connectivity index (χ1) is 7.75. The third kappa shape index (κ3) is 1.63. The molecule has 0 atom stereocenters. The molecule has 1 aromatic carbocycles. The molecule has 1 fully saturated rings. The summed E-state index contributed by atoms with van der Waals surface area (Å²) in [6, 6.07) is 4.48. The Labute approximate surface area is 99.6 Å². The van der Waals surface area contributed by atoms with Crippen LogP contribution in [-0.4, -0.2) is 20.2 Å². The lowest BCUT2D eigenvalue weighted by atomic mass is 10.3. The molecular formula is C10H8BrFN4. The number of hydrogen-bond donors (Lipinski definition) is 0. The van der Waals surface area contributed by atoms with Crippen LogP contribution < -0.4 is 0 Å². The molecule has 0 saturated heterocycles. The second-order valence-corrected chi connectivity index (χ2v) is 4.67. The first kappa shape index (κ1) is 9.89. The van der Waals surface area contributed by atoms with Gasteiger partial charge in [-0.05, 0) is 57.4 Å². The fourth-order valence-corrected chi connectivity index (χ4v) is 2.13. The molecule has 3 rings (SSSR count). The molecule has 0 amide bonds. The summed E-state index contributed by atoms with van der Waals surface area (Å²) in [5, 5.41) is 11.6. The molecule has 82 valence electrons. The van der Waals surface area contributed by atoms with Gasteiger partial charge in [-0.2, -0.15) is 4.68 Å². The zero-order valence-corrected chi connectivity index (χ0v) is 9.85. The molecular weight excluding hydrogens is 275 g/mol. The van der Waals surface area contributed by atoms with E-state index < -0.39 is 0 Å². The van der Waals surface area contributed by atoms with Crippen LogP contribution in [-0.2, 0) is 0 Å². The molecule has 0 N–H and O–H groups in total. The van der Waals surface area contributed by atoms with Crippen LogP contribution in [0.1, 0.15) is 24.6 Å².